The average Bonchev–Trinajstić information content (AvgIpc) is 2.42. The molecule has 0 aromatic rings. The second kappa shape index (κ2) is 9.04. The van der Waals surface area contributed by atoms with E-state index in [-0.39, 0.29) is 19.8 Å². The number of hydrogen-bond donors (Lipinski definition) is 3. The molecule has 0 saturated carbocycles. The Balaban J connectivity index is 4.24. The number of hydrogen-bond acceptors (Lipinski definition) is 6. The van der Waals surface area contributed by atoms with Gasteiger partial charge in [0, 0.05) is 11.5 Å². The number of esters is 1. The molecule has 0 aliphatic rings. The fourth-order valence-corrected chi connectivity index (χ4v) is 1.68. The Hall–Kier alpha value is -0.950. The zero-order valence-corrected chi connectivity index (χ0v) is 10.7. The summed E-state index contributed by atoms with van der Waals surface area (Å²) in [6, 6.07) is 0. The van der Waals surface area contributed by atoms with Crippen LogP contribution in [0.2, 0.25) is 0 Å². The summed E-state index contributed by atoms with van der Waals surface area (Å²) in [7, 11) is 0. The van der Waals surface area contributed by atoms with Crippen molar-refractivity contribution in [3.63, 3.8) is 0 Å². The Kier molecular flexibility index (Phi) is 8.57. The first kappa shape index (κ1) is 17.1. The van der Waals surface area contributed by atoms with Gasteiger partial charge in [0.05, 0.1) is 19.8 Å². The first-order valence-electron chi connectivity index (χ1n) is 5.91. The highest BCUT2D eigenvalue weighted by molar-refractivity contribution is 5.81. The van der Waals surface area contributed by atoms with Crippen molar-refractivity contribution in [2.24, 2.45) is 5.41 Å². The summed E-state index contributed by atoms with van der Waals surface area (Å²) in [6.45, 7) is 4.63. The molecule has 0 bridgehead atoms. The van der Waals surface area contributed by atoms with Crippen molar-refractivity contribution >= 4 is 5.97 Å². The van der Waals surface area contributed by atoms with Gasteiger partial charge in [-0.05, 0) is 19.3 Å². The third kappa shape index (κ3) is 4.73. The number of aliphatic hydroxyl groups is 2. The van der Waals surface area contributed by atoms with Crippen LogP contribution in [0.4, 0.5) is 0 Å². The van der Waals surface area contributed by atoms with Gasteiger partial charge in [0.15, 0.2) is 0 Å². The lowest BCUT2D eigenvalue weighted by atomic mass is 9.79. The Morgan fingerprint density at radius 2 is 2.06 bits per heavy atom. The average molecular weight is 262 g/mol. The number of rotatable bonds is 10. The van der Waals surface area contributed by atoms with Gasteiger partial charge in [0.2, 0.25) is 0 Å². The third-order valence-electron chi connectivity index (χ3n) is 3.17. The van der Waals surface area contributed by atoms with Gasteiger partial charge in [-0.1, -0.05) is 13.5 Å². The molecule has 0 aromatic heterocycles. The predicted octanol–water partition coefficient (Wildman–Crippen LogP) is 0.735. The Morgan fingerprint density at radius 3 is 2.44 bits per heavy atom. The van der Waals surface area contributed by atoms with Crippen LogP contribution in [0.5, 0.6) is 0 Å². The quantitative estimate of drug-likeness (QED) is 0.177. The summed E-state index contributed by atoms with van der Waals surface area (Å²) in [6.07, 6.45) is 1.62. The molecule has 0 radical (unpaired) electrons. The molecule has 6 nitrogen and oxygen atoms in total. The van der Waals surface area contributed by atoms with Gasteiger partial charge in [0.25, 0.3) is 0 Å². The summed E-state index contributed by atoms with van der Waals surface area (Å²) >= 11 is 0. The standard InChI is InChI=1S/C12H22O6/c1-3-11(15)17-7-5-6-10(18-16)12(4-2,8-13)9-14/h3,10,13-14,16H,1,4-9H2,2H3. The smallest absolute Gasteiger partial charge is 0.330 e. The molecule has 0 aliphatic heterocycles. The molecule has 0 spiro atoms. The third-order valence-corrected chi connectivity index (χ3v) is 3.17. The van der Waals surface area contributed by atoms with Gasteiger partial charge in [-0.25, -0.2) is 9.68 Å². The molecule has 106 valence electrons. The largest absolute Gasteiger partial charge is 0.463 e. The van der Waals surface area contributed by atoms with Gasteiger partial charge in [-0.2, -0.15) is 0 Å². The maximum Gasteiger partial charge on any atom is 0.330 e. The highest BCUT2D eigenvalue weighted by Gasteiger charge is 2.37. The van der Waals surface area contributed by atoms with Crippen LogP contribution in [0.1, 0.15) is 26.2 Å². The topological polar surface area (TPSA) is 96.2 Å². The van der Waals surface area contributed by atoms with Crippen molar-refractivity contribution in [3.8, 4) is 0 Å². The minimum atomic E-state index is -0.892. The van der Waals surface area contributed by atoms with Crippen molar-refractivity contribution in [1.29, 1.82) is 0 Å². The summed E-state index contributed by atoms with van der Waals surface area (Å²) in [4.78, 5) is 15.1. The molecule has 18 heavy (non-hydrogen) atoms. The van der Waals surface area contributed by atoms with Crippen LogP contribution in [-0.2, 0) is 14.4 Å². The maximum atomic E-state index is 10.8. The molecule has 0 rings (SSSR count). The molecular formula is C12H22O6. The van der Waals surface area contributed by atoms with E-state index in [1.807, 2.05) is 0 Å². The number of carbonyl (C=O) groups is 1. The Bertz CT molecular complexity index is 241. The second-order valence-electron chi connectivity index (χ2n) is 4.14. The molecule has 3 N–H and O–H groups in total. The molecular weight excluding hydrogens is 240 g/mol. The summed E-state index contributed by atoms with van der Waals surface area (Å²) in [5, 5.41) is 27.5. The number of aliphatic hydroxyl groups excluding tert-OH is 2. The first-order chi connectivity index (χ1) is 8.60. The highest BCUT2D eigenvalue weighted by atomic mass is 17.1. The molecule has 0 aliphatic carbocycles. The second-order valence-corrected chi connectivity index (χ2v) is 4.14. The SMILES string of the molecule is C=CC(=O)OCCCC(OO)C(CC)(CO)CO. The van der Waals surface area contributed by atoms with Crippen LogP contribution in [0.15, 0.2) is 12.7 Å². The van der Waals surface area contributed by atoms with Crippen molar-refractivity contribution in [2.75, 3.05) is 19.8 Å². The first-order valence-corrected chi connectivity index (χ1v) is 5.91. The van der Waals surface area contributed by atoms with Gasteiger partial charge in [-0.3, -0.25) is 5.26 Å². The lowest BCUT2D eigenvalue weighted by Crippen LogP contribution is -2.43. The zero-order chi connectivity index (χ0) is 14.0. The van der Waals surface area contributed by atoms with Crippen LogP contribution >= 0.6 is 0 Å². The molecule has 0 amide bonds. The molecule has 0 saturated heterocycles. The number of ether oxygens (including phenoxy) is 1. The van der Waals surface area contributed by atoms with E-state index in [9.17, 15) is 15.0 Å². The van der Waals surface area contributed by atoms with Crippen molar-refractivity contribution in [1.82, 2.24) is 0 Å². The van der Waals surface area contributed by atoms with Gasteiger partial charge in [0.1, 0.15) is 6.10 Å². The summed E-state index contributed by atoms with van der Waals surface area (Å²) in [5.41, 5.74) is -0.892. The van der Waals surface area contributed by atoms with Crippen molar-refractivity contribution < 1.29 is 29.9 Å². The molecule has 0 fully saturated rings. The number of carbonyl (C=O) groups excluding carboxylic acids is 1. The minimum Gasteiger partial charge on any atom is -0.463 e. The van der Waals surface area contributed by atoms with E-state index in [0.29, 0.717) is 19.3 Å². The van der Waals surface area contributed by atoms with Crippen molar-refractivity contribution in [2.45, 2.75) is 32.3 Å². The van der Waals surface area contributed by atoms with Crippen LogP contribution in [0, 0.1) is 5.41 Å². The molecule has 0 heterocycles. The van der Waals surface area contributed by atoms with Gasteiger partial charge < -0.3 is 14.9 Å². The normalized spacial score (nSPS) is 13.1. The zero-order valence-electron chi connectivity index (χ0n) is 10.7. The highest BCUT2D eigenvalue weighted by Crippen LogP contribution is 2.30. The fourth-order valence-electron chi connectivity index (χ4n) is 1.68. The molecule has 1 atom stereocenters. The van der Waals surface area contributed by atoms with E-state index in [2.05, 4.69) is 11.5 Å². The minimum absolute atomic E-state index is 0.168. The monoisotopic (exact) mass is 262 g/mol. The van der Waals surface area contributed by atoms with E-state index < -0.39 is 17.5 Å². The fraction of sp³-hybridized carbons (Fsp3) is 0.750. The Labute approximate surface area is 107 Å². The summed E-state index contributed by atoms with van der Waals surface area (Å²) in [5.74, 6) is -0.512. The van der Waals surface area contributed by atoms with Gasteiger partial charge >= 0.3 is 5.97 Å². The molecule has 6 heteroatoms. The Morgan fingerprint density at radius 1 is 1.44 bits per heavy atom. The van der Waals surface area contributed by atoms with Crippen LogP contribution in [-0.4, -0.2) is 47.4 Å². The maximum absolute atomic E-state index is 10.8. The summed E-state index contributed by atoms with van der Waals surface area (Å²) < 4.78 is 4.78. The lowest BCUT2D eigenvalue weighted by molar-refractivity contribution is -0.313. The predicted molar refractivity (Wildman–Crippen MR) is 64.8 cm³/mol. The van der Waals surface area contributed by atoms with Crippen LogP contribution in [0.25, 0.3) is 0 Å². The van der Waals surface area contributed by atoms with Crippen LogP contribution in [0.3, 0.4) is 0 Å². The lowest BCUT2D eigenvalue weighted by Gasteiger charge is -2.34. The van der Waals surface area contributed by atoms with E-state index in [4.69, 9.17) is 9.99 Å². The molecule has 0 aromatic carbocycles. The molecule has 1 unspecified atom stereocenters. The van der Waals surface area contributed by atoms with E-state index in [0.717, 1.165) is 6.08 Å². The van der Waals surface area contributed by atoms with E-state index >= 15 is 0 Å². The van der Waals surface area contributed by atoms with E-state index in [1.165, 1.54) is 0 Å². The van der Waals surface area contributed by atoms with Crippen LogP contribution < -0.4 is 0 Å². The van der Waals surface area contributed by atoms with Crippen molar-refractivity contribution in [3.05, 3.63) is 12.7 Å². The van der Waals surface area contributed by atoms with E-state index in [1.54, 1.807) is 6.92 Å². The van der Waals surface area contributed by atoms with Gasteiger partial charge in [-0.15, -0.1) is 0 Å².